The van der Waals surface area contributed by atoms with Gasteiger partial charge in [0.1, 0.15) is 6.33 Å². The third kappa shape index (κ3) is 2.18. The van der Waals surface area contributed by atoms with Gasteiger partial charge in [-0.2, -0.15) is 4.98 Å². The molecule has 1 fully saturated rings. The van der Waals surface area contributed by atoms with Gasteiger partial charge in [0, 0.05) is 7.05 Å². The van der Waals surface area contributed by atoms with E-state index in [4.69, 9.17) is 4.74 Å². The van der Waals surface area contributed by atoms with E-state index in [2.05, 4.69) is 15.3 Å². The molecule has 86 valence electrons. The molecule has 1 aliphatic carbocycles. The van der Waals surface area contributed by atoms with Crippen molar-refractivity contribution in [2.45, 2.75) is 12.8 Å². The summed E-state index contributed by atoms with van der Waals surface area (Å²) in [4.78, 5) is 17.9. The first-order chi connectivity index (χ1) is 7.72. The topological polar surface area (TPSA) is 90.2 Å². The van der Waals surface area contributed by atoms with Crippen LogP contribution in [0.15, 0.2) is 6.33 Å². The van der Waals surface area contributed by atoms with E-state index in [1.165, 1.54) is 6.33 Å². The molecule has 2 rings (SSSR count). The van der Waals surface area contributed by atoms with Crippen LogP contribution in [0.4, 0.5) is 11.5 Å². The second-order valence-corrected chi connectivity index (χ2v) is 3.64. The zero-order valence-electron chi connectivity index (χ0n) is 8.84. The van der Waals surface area contributed by atoms with Crippen LogP contribution in [0.3, 0.4) is 0 Å². The number of nitro groups is 1. The fourth-order valence-corrected chi connectivity index (χ4v) is 1.30. The van der Waals surface area contributed by atoms with Crippen LogP contribution in [0.5, 0.6) is 5.88 Å². The molecule has 0 aliphatic heterocycles. The zero-order valence-corrected chi connectivity index (χ0v) is 8.84. The summed E-state index contributed by atoms with van der Waals surface area (Å²) in [5.74, 6) is 0.731. The van der Waals surface area contributed by atoms with E-state index < -0.39 is 4.92 Å². The lowest BCUT2D eigenvalue weighted by molar-refractivity contribution is -0.385. The molecule has 0 atom stereocenters. The van der Waals surface area contributed by atoms with Crippen molar-refractivity contribution < 1.29 is 9.66 Å². The van der Waals surface area contributed by atoms with Crippen molar-refractivity contribution >= 4 is 11.5 Å². The van der Waals surface area contributed by atoms with Crippen LogP contribution < -0.4 is 10.1 Å². The monoisotopic (exact) mass is 224 g/mol. The number of rotatable bonds is 5. The SMILES string of the molecule is CNc1ncnc(OCC2CC2)c1[N+](=O)[O-]. The fourth-order valence-electron chi connectivity index (χ4n) is 1.30. The van der Waals surface area contributed by atoms with Gasteiger partial charge in [0.15, 0.2) is 0 Å². The second-order valence-electron chi connectivity index (χ2n) is 3.64. The molecule has 0 saturated heterocycles. The molecular formula is C9H12N4O3. The predicted octanol–water partition coefficient (Wildman–Crippen LogP) is 1.22. The van der Waals surface area contributed by atoms with Crippen LogP contribution >= 0.6 is 0 Å². The maximum Gasteiger partial charge on any atom is 0.372 e. The molecule has 1 aliphatic rings. The molecule has 16 heavy (non-hydrogen) atoms. The smallest absolute Gasteiger partial charge is 0.372 e. The Hall–Kier alpha value is -1.92. The first-order valence-corrected chi connectivity index (χ1v) is 5.02. The second kappa shape index (κ2) is 4.30. The molecule has 1 heterocycles. The molecule has 7 nitrogen and oxygen atoms in total. The molecule has 0 aromatic carbocycles. The predicted molar refractivity (Wildman–Crippen MR) is 56.5 cm³/mol. The van der Waals surface area contributed by atoms with E-state index in [9.17, 15) is 10.1 Å². The number of hydrogen-bond acceptors (Lipinski definition) is 6. The van der Waals surface area contributed by atoms with E-state index in [-0.39, 0.29) is 17.4 Å². The Labute approximate surface area is 92.0 Å². The Bertz CT molecular complexity index is 406. The van der Waals surface area contributed by atoms with Crippen LogP contribution in [0.1, 0.15) is 12.8 Å². The number of hydrogen-bond donors (Lipinski definition) is 1. The number of ether oxygens (including phenoxy) is 1. The van der Waals surface area contributed by atoms with E-state index in [1.807, 2.05) is 0 Å². The van der Waals surface area contributed by atoms with Gasteiger partial charge in [0.2, 0.25) is 5.82 Å². The van der Waals surface area contributed by atoms with Gasteiger partial charge in [-0.05, 0) is 18.8 Å². The summed E-state index contributed by atoms with van der Waals surface area (Å²) in [6.45, 7) is 0.487. The lowest BCUT2D eigenvalue weighted by Gasteiger charge is -2.06. The zero-order chi connectivity index (χ0) is 11.5. The van der Waals surface area contributed by atoms with Gasteiger partial charge in [-0.1, -0.05) is 0 Å². The Morgan fingerprint density at radius 2 is 2.38 bits per heavy atom. The molecule has 1 N–H and O–H groups in total. The molecule has 0 amide bonds. The lowest BCUT2D eigenvalue weighted by atomic mass is 10.4. The van der Waals surface area contributed by atoms with Crippen LogP contribution in [0.25, 0.3) is 0 Å². The van der Waals surface area contributed by atoms with Gasteiger partial charge >= 0.3 is 5.69 Å². The Morgan fingerprint density at radius 1 is 1.62 bits per heavy atom. The van der Waals surface area contributed by atoms with Crippen LogP contribution in [0.2, 0.25) is 0 Å². The van der Waals surface area contributed by atoms with Crippen LogP contribution in [0, 0.1) is 16.0 Å². The van der Waals surface area contributed by atoms with E-state index in [0.29, 0.717) is 12.5 Å². The average molecular weight is 224 g/mol. The Morgan fingerprint density at radius 3 is 2.94 bits per heavy atom. The molecular weight excluding hydrogens is 212 g/mol. The number of anilines is 1. The first kappa shape index (κ1) is 10.6. The van der Waals surface area contributed by atoms with Crippen molar-refractivity contribution in [3.63, 3.8) is 0 Å². The summed E-state index contributed by atoms with van der Waals surface area (Å²) in [5, 5.41) is 13.5. The van der Waals surface area contributed by atoms with Gasteiger partial charge in [-0.25, -0.2) is 4.98 Å². The minimum atomic E-state index is -0.534. The Balaban J connectivity index is 2.22. The highest BCUT2D eigenvalue weighted by Crippen LogP contribution is 2.33. The van der Waals surface area contributed by atoms with Crippen molar-refractivity contribution in [1.29, 1.82) is 0 Å². The molecule has 0 spiro atoms. The molecule has 1 aromatic rings. The van der Waals surface area contributed by atoms with Crippen molar-refractivity contribution in [2.75, 3.05) is 19.0 Å². The summed E-state index contributed by atoms with van der Waals surface area (Å²) in [6.07, 6.45) is 3.50. The Kier molecular flexibility index (Phi) is 2.84. The van der Waals surface area contributed by atoms with Crippen LogP contribution in [-0.2, 0) is 0 Å². The minimum absolute atomic E-state index is 0.0382. The number of nitrogens with zero attached hydrogens (tertiary/aromatic N) is 3. The average Bonchev–Trinajstić information content (AvgIpc) is 3.09. The highest BCUT2D eigenvalue weighted by molar-refractivity contribution is 5.60. The third-order valence-corrected chi connectivity index (χ3v) is 2.36. The maximum absolute atomic E-state index is 10.9. The van der Waals surface area contributed by atoms with E-state index in [1.54, 1.807) is 7.05 Å². The summed E-state index contributed by atoms with van der Waals surface area (Å²) in [5.41, 5.74) is -0.203. The van der Waals surface area contributed by atoms with Gasteiger partial charge in [-0.15, -0.1) is 0 Å². The molecule has 0 radical (unpaired) electrons. The van der Waals surface area contributed by atoms with Crippen molar-refractivity contribution in [3.8, 4) is 5.88 Å². The minimum Gasteiger partial charge on any atom is -0.472 e. The standard InChI is InChI=1S/C9H12N4O3/c1-10-8-7(13(14)15)9(12-5-11-8)16-4-6-2-3-6/h5-6H,2-4H2,1H3,(H,10,11,12). The summed E-state index contributed by atoms with van der Waals surface area (Å²) in [7, 11) is 1.57. The van der Waals surface area contributed by atoms with Crippen LogP contribution in [-0.4, -0.2) is 28.5 Å². The molecule has 1 saturated carbocycles. The van der Waals surface area contributed by atoms with Crippen molar-refractivity contribution in [3.05, 3.63) is 16.4 Å². The summed E-state index contributed by atoms with van der Waals surface area (Å²) < 4.78 is 5.33. The van der Waals surface area contributed by atoms with Crippen molar-refractivity contribution in [1.82, 2.24) is 9.97 Å². The molecule has 1 aromatic heterocycles. The van der Waals surface area contributed by atoms with Gasteiger partial charge < -0.3 is 10.1 Å². The van der Waals surface area contributed by atoms with Gasteiger partial charge in [0.25, 0.3) is 5.88 Å². The lowest BCUT2D eigenvalue weighted by Crippen LogP contribution is -2.07. The highest BCUT2D eigenvalue weighted by atomic mass is 16.6. The summed E-state index contributed by atoms with van der Waals surface area (Å²) in [6, 6.07) is 0. The number of aromatic nitrogens is 2. The summed E-state index contributed by atoms with van der Waals surface area (Å²) >= 11 is 0. The highest BCUT2D eigenvalue weighted by Gasteiger charge is 2.27. The first-order valence-electron chi connectivity index (χ1n) is 5.02. The van der Waals surface area contributed by atoms with E-state index in [0.717, 1.165) is 12.8 Å². The fraction of sp³-hybridized carbons (Fsp3) is 0.556. The van der Waals surface area contributed by atoms with Crippen molar-refractivity contribution in [2.24, 2.45) is 5.92 Å². The quantitative estimate of drug-likeness (QED) is 0.597. The molecule has 7 heteroatoms. The maximum atomic E-state index is 10.9. The third-order valence-electron chi connectivity index (χ3n) is 2.36. The molecule has 0 bridgehead atoms. The number of nitrogens with one attached hydrogen (secondary N) is 1. The van der Waals surface area contributed by atoms with E-state index >= 15 is 0 Å². The van der Waals surface area contributed by atoms with Gasteiger partial charge in [-0.3, -0.25) is 10.1 Å². The van der Waals surface area contributed by atoms with Gasteiger partial charge in [0.05, 0.1) is 11.5 Å². The largest absolute Gasteiger partial charge is 0.472 e. The normalized spacial score (nSPS) is 14.6. The molecule has 0 unspecified atom stereocenters.